The summed E-state index contributed by atoms with van der Waals surface area (Å²) in [6.07, 6.45) is 2.45. The van der Waals surface area contributed by atoms with Gasteiger partial charge in [-0.25, -0.2) is 0 Å². The van der Waals surface area contributed by atoms with Crippen LogP contribution in [0.25, 0.3) is 0 Å². The Kier molecular flexibility index (Phi) is 3.68. The molecule has 1 unspecified atom stereocenters. The Bertz CT molecular complexity index is 642. The minimum atomic E-state index is -1.19. The first-order chi connectivity index (χ1) is 9.74. The van der Waals surface area contributed by atoms with Crippen molar-refractivity contribution >= 4 is 10.8 Å². The molecule has 2 aromatic rings. The van der Waals surface area contributed by atoms with Crippen LogP contribution in [0.3, 0.4) is 0 Å². The maximum Gasteiger partial charge on any atom is 0.162 e. The lowest BCUT2D eigenvalue weighted by Crippen LogP contribution is -2.03. The van der Waals surface area contributed by atoms with Crippen LogP contribution in [0, 0.1) is 0 Å². The molecule has 1 aliphatic rings. The molecule has 1 aliphatic heterocycles. The average Bonchev–Trinajstić information content (AvgIpc) is 2.73. The fourth-order valence-corrected chi connectivity index (χ4v) is 3.04. The number of nitrogens with zero attached hydrogens (tertiary/aromatic N) is 3. The smallest absolute Gasteiger partial charge is 0.162 e. The van der Waals surface area contributed by atoms with Crippen LogP contribution in [-0.4, -0.2) is 32.2 Å². The van der Waals surface area contributed by atoms with Gasteiger partial charge in [-0.3, -0.25) is 4.21 Å². The molecule has 2 heterocycles. The lowest BCUT2D eigenvalue weighted by Gasteiger charge is -2.09. The summed E-state index contributed by atoms with van der Waals surface area (Å²) in [5.74, 6) is 2.39. The van der Waals surface area contributed by atoms with Crippen molar-refractivity contribution in [1.82, 2.24) is 14.8 Å². The van der Waals surface area contributed by atoms with Crippen LogP contribution < -0.4 is 9.47 Å². The van der Waals surface area contributed by atoms with E-state index in [4.69, 9.17) is 9.47 Å². The number of hydrogen-bond donors (Lipinski definition) is 0. The summed E-state index contributed by atoms with van der Waals surface area (Å²) in [4.78, 5) is 0.706. The summed E-state index contributed by atoms with van der Waals surface area (Å²) in [5, 5.41) is 7.73. The van der Waals surface area contributed by atoms with Crippen LogP contribution in [0.1, 0.15) is 12.2 Å². The first-order valence-corrected chi connectivity index (χ1v) is 7.67. The predicted octanol–water partition coefficient (Wildman–Crippen LogP) is 1.28. The minimum Gasteiger partial charge on any atom is -0.490 e. The summed E-state index contributed by atoms with van der Waals surface area (Å²) >= 11 is 0. The standard InChI is InChI=1S/C13H15N3O3S/c1-16-9-14-15-13(16)8-20(17)10-3-4-11-12(7-10)19-6-2-5-18-11/h3-4,7,9H,2,5-6,8H2,1H3. The van der Waals surface area contributed by atoms with E-state index in [9.17, 15) is 4.21 Å². The molecule has 0 fully saturated rings. The molecule has 0 aliphatic carbocycles. The van der Waals surface area contributed by atoms with Crippen molar-refractivity contribution < 1.29 is 13.7 Å². The normalized spacial score (nSPS) is 15.7. The molecule has 106 valence electrons. The summed E-state index contributed by atoms with van der Waals surface area (Å²) in [6, 6.07) is 5.40. The summed E-state index contributed by atoms with van der Waals surface area (Å²) in [7, 11) is 0.648. The van der Waals surface area contributed by atoms with Gasteiger partial charge in [-0.2, -0.15) is 0 Å². The highest BCUT2D eigenvalue weighted by molar-refractivity contribution is 7.84. The third-order valence-corrected chi connectivity index (χ3v) is 4.35. The topological polar surface area (TPSA) is 66.2 Å². The zero-order valence-electron chi connectivity index (χ0n) is 11.1. The fourth-order valence-electron chi connectivity index (χ4n) is 1.92. The van der Waals surface area contributed by atoms with Crippen molar-refractivity contribution in [3.8, 4) is 11.5 Å². The zero-order valence-corrected chi connectivity index (χ0v) is 11.9. The van der Waals surface area contributed by atoms with Crippen LogP contribution in [0.5, 0.6) is 11.5 Å². The molecule has 20 heavy (non-hydrogen) atoms. The highest BCUT2D eigenvalue weighted by Gasteiger charge is 2.15. The van der Waals surface area contributed by atoms with E-state index in [1.54, 1.807) is 23.0 Å². The largest absolute Gasteiger partial charge is 0.490 e. The van der Waals surface area contributed by atoms with E-state index in [-0.39, 0.29) is 0 Å². The minimum absolute atomic E-state index is 0.330. The van der Waals surface area contributed by atoms with Gasteiger partial charge in [-0.15, -0.1) is 10.2 Å². The summed E-state index contributed by atoms with van der Waals surface area (Å²) in [6.45, 7) is 1.26. The molecule has 1 aromatic carbocycles. The number of aromatic nitrogens is 3. The Hall–Kier alpha value is -1.89. The molecule has 0 bridgehead atoms. The van der Waals surface area contributed by atoms with E-state index in [1.165, 1.54) is 0 Å². The summed E-state index contributed by atoms with van der Waals surface area (Å²) < 4.78 is 25.3. The van der Waals surface area contributed by atoms with Crippen molar-refractivity contribution in [2.24, 2.45) is 7.05 Å². The van der Waals surface area contributed by atoms with E-state index in [0.29, 0.717) is 41.2 Å². The fraction of sp³-hybridized carbons (Fsp3) is 0.385. The molecule has 0 spiro atoms. The highest BCUT2D eigenvalue weighted by atomic mass is 32.2. The first kappa shape index (κ1) is 13.1. The molecule has 0 saturated heterocycles. The highest BCUT2D eigenvalue weighted by Crippen LogP contribution is 2.31. The van der Waals surface area contributed by atoms with Crippen LogP contribution >= 0.6 is 0 Å². The number of rotatable bonds is 3. The van der Waals surface area contributed by atoms with E-state index >= 15 is 0 Å². The second-order valence-corrected chi connectivity index (χ2v) is 5.96. The number of ether oxygens (including phenoxy) is 2. The molecule has 0 saturated carbocycles. The maximum absolute atomic E-state index is 12.4. The quantitative estimate of drug-likeness (QED) is 0.853. The Balaban J connectivity index is 1.82. The van der Waals surface area contributed by atoms with E-state index in [2.05, 4.69) is 10.2 Å². The third kappa shape index (κ3) is 2.67. The Morgan fingerprint density at radius 1 is 1.30 bits per heavy atom. The van der Waals surface area contributed by atoms with Gasteiger partial charge in [-0.05, 0) is 12.1 Å². The van der Waals surface area contributed by atoms with Gasteiger partial charge < -0.3 is 14.0 Å². The lowest BCUT2D eigenvalue weighted by atomic mass is 10.3. The van der Waals surface area contributed by atoms with Crippen LogP contribution in [0.2, 0.25) is 0 Å². The molecule has 3 rings (SSSR count). The second kappa shape index (κ2) is 5.62. The number of hydrogen-bond acceptors (Lipinski definition) is 5. The van der Waals surface area contributed by atoms with E-state index in [1.807, 2.05) is 13.1 Å². The van der Waals surface area contributed by atoms with Gasteiger partial charge in [0.2, 0.25) is 0 Å². The van der Waals surface area contributed by atoms with Crippen LogP contribution in [-0.2, 0) is 23.6 Å². The molecule has 0 N–H and O–H groups in total. The maximum atomic E-state index is 12.4. The van der Waals surface area contributed by atoms with E-state index < -0.39 is 10.8 Å². The number of fused-ring (bicyclic) bond motifs is 1. The Morgan fingerprint density at radius 3 is 2.85 bits per heavy atom. The molecule has 7 heteroatoms. The second-order valence-electron chi connectivity index (χ2n) is 4.51. The van der Waals surface area contributed by atoms with Gasteiger partial charge in [0.05, 0.1) is 29.8 Å². The average molecular weight is 293 g/mol. The first-order valence-electron chi connectivity index (χ1n) is 6.35. The van der Waals surface area contributed by atoms with Gasteiger partial charge >= 0.3 is 0 Å². The molecule has 0 radical (unpaired) electrons. The summed E-state index contributed by atoms with van der Waals surface area (Å²) in [5.41, 5.74) is 0. The third-order valence-electron chi connectivity index (χ3n) is 3.05. The molecule has 0 amide bonds. The molecule has 1 aromatic heterocycles. The molecular formula is C13H15N3O3S. The van der Waals surface area contributed by atoms with Crippen molar-refractivity contribution in [3.63, 3.8) is 0 Å². The van der Waals surface area contributed by atoms with Crippen molar-refractivity contribution in [2.45, 2.75) is 17.1 Å². The monoisotopic (exact) mass is 293 g/mol. The SMILES string of the molecule is Cn1cnnc1CS(=O)c1ccc2c(c1)OCCCO2. The van der Waals surface area contributed by atoms with Gasteiger partial charge in [-0.1, -0.05) is 0 Å². The zero-order chi connectivity index (χ0) is 13.9. The molecule has 6 nitrogen and oxygen atoms in total. The van der Waals surface area contributed by atoms with Crippen molar-refractivity contribution in [1.29, 1.82) is 0 Å². The number of aryl methyl sites for hydroxylation is 1. The van der Waals surface area contributed by atoms with Crippen molar-refractivity contribution in [3.05, 3.63) is 30.4 Å². The molecule has 1 atom stereocenters. The number of benzene rings is 1. The Labute approximate surface area is 119 Å². The lowest BCUT2D eigenvalue weighted by molar-refractivity contribution is 0.297. The van der Waals surface area contributed by atoms with Crippen LogP contribution in [0.15, 0.2) is 29.4 Å². The van der Waals surface area contributed by atoms with Gasteiger partial charge in [0.25, 0.3) is 0 Å². The van der Waals surface area contributed by atoms with Crippen LogP contribution in [0.4, 0.5) is 0 Å². The van der Waals surface area contributed by atoms with E-state index in [0.717, 1.165) is 6.42 Å². The molecular weight excluding hydrogens is 278 g/mol. The van der Waals surface area contributed by atoms with Gasteiger partial charge in [0, 0.05) is 24.4 Å². The van der Waals surface area contributed by atoms with Crippen molar-refractivity contribution in [2.75, 3.05) is 13.2 Å². The van der Waals surface area contributed by atoms with Gasteiger partial charge in [0.1, 0.15) is 12.2 Å². The Morgan fingerprint density at radius 2 is 2.10 bits per heavy atom. The predicted molar refractivity (Wildman–Crippen MR) is 73.2 cm³/mol. The van der Waals surface area contributed by atoms with Gasteiger partial charge in [0.15, 0.2) is 11.5 Å².